The summed E-state index contributed by atoms with van der Waals surface area (Å²) >= 11 is 0. The van der Waals surface area contributed by atoms with E-state index in [0.29, 0.717) is 38.9 Å². The molecule has 1 unspecified atom stereocenters. The first-order valence-electron chi connectivity index (χ1n) is 6.33. The Morgan fingerprint density at radius 2 is 1.89 bits per heavy atom. The van der Waals surface area contributed by atoms with E-state index in [1.165, 1.54) is 0 Å². The van der Waals surface area contributed by atoms with Gasteiger partial charge in [-0.05, 0) is 20.3 Å². The number of ether oxygens (including phenoxy) is 1. The van der Waals surface area contributed by atoms with Gasteiger partial charge in [-0.25, -0.2) is 0 Å². The third-order valence-electron chi connectivity index (χ3n) is 2.36. The monoisotopic (exact) mass is 283 g/mol. The Kier molecular flexibility index (Phi) is 10.9. The zero-order chi connectivity index (χ0) is 13.9. The molecule has 0 saturated heterocycles. The molecule has 7 heteroatoms. The molecule has 0 aliphatic heterocycles. The van der Waals surface area contributed by atoms with E-state index < -0.39 is 7.60 Å². The largest absolute Gasteiger partial charge is 0.395 e. The standard InChI is InChI=1S/C11H26NO5P/c1-4-16-18(14,17-5-2)9-7-12-11(10-13)6-8-15-3/h11-13H,4-10H2,1-3H3. The molecule has 2 N–H and O–H groups in total. The normalized spacial score (nSPS) is 13.8. The Balaban J connectivity index is 3.99. The maximum atomic E-state index is 12.1. The van der Waals surface area contributed by atoms with E-state index >= 15 is 0 Å². The fourth-order valence-electron chi connectivity index (χ4n) is 1.48. The van der Waals surface area contributed by atoms with Gasteiger partial charge >= 0.3 is 7.60 Å². The molecule has 0 aromatic rings. The van der Waals surface area contributed by atoms with Gasteiger partial charge in [0.1, 0.15) is 0 Å². The van der Waals surface area contributed by atoms with Crippen LogP contribution in [0.4, 0.5) is 0 Å². The van der Waals surface area contributed by atoms with E-state index in [-0.39, 0.29) is 12.6 Å². The highest BCUT2D eigenvalue weighted by Gasteiger charge is 2.23. The Hall–Kier alpha value is 0.0300. The number of aliphatic hydroxyl groups is 1. The van der Waals surface area contributed by atoms with Crippen molar-refractivity contribution in [3.05, 3.63) is 0 Å². The van der Waals surface area contributed by atoms with Gasteiger partial charge in [0, 0.05) is 26.3 Å². The molecule has 18 heavy (non-hydrogen) atoms. The van der Waals surface area contributed by atoms with Gasteiger partial charge in [-0.1, -0.05) is 0 Å². The van der Waals surface area contributed by atoms with Gasteiger partial charge < -0.3 is 24.2 Å². The molecule has 6 nitrogen and oxygen atoms in total. The van der Waals surface area contributed by atoms with Crippen LogP contribution in [0.2, 0.25) is 0 Å². The topological polar surface area (TPSA) is 77.0 Å². The van der Waals surface area contributed by atoms with Crippen molar-refractivity contribution in [2.75, 3.05) is 46.2 Å². The van der Waals surface area contributed by atoms with Gasteiger partial charge in [0.2, 0.25) is 0 Å². The summed E-state index contributed by atoms with van der Waals surface area (Å²) in [6.07, 6.45) is 1.01. The average molecular weight is 283 g/mol. The van der Waals surface area contributed by atoms with Crippen LogP contribution < -0.4 is 5.32 Å². The van der Waals surface area contributed by atoms with Crippen molar-refractivity contribution in [3.63, 3.8) is 0 Å². The van der Waals surface area contributed by atoms with Crippen LogP contribution in [-0.2, 0) is 18.3 Å². The van der Waals surface area contributed by atoms with Gasteiger partial charge in [-0.15, -0.1) is 0 Å². The lowest BCUT2D eigenvalue weighted by atomic mass is 10.2. The van der Waals surface area contributed by atoms with E-state index in [0.717, 1.165) is 0 Å². The van der Waals surface area contributed by atoms with Crippen LogP contribution >= 0.6 is 7.60 Å². The molecule has 0 fully saturated rings. The highest BCUT2D eigenvalue weighted by molar-refractivity contribution is 7.53. The maximum absolute atomic E-state index is 12.1. The molecular formula is C11H26NO5P. The molecule has 110 valence electrons. The molecule has 0 saturated carbocycles. The second-order valence-corrected chi connectivity index (χ2v) is 5.97. The lowest BCUT2D eigenvalue weighted by molar-refractivity contribution is 0.160. The van der Waals surface area contributed by atoms with Crippen molar-refractivity contribution in [1.29, 1.82) is 0 Å². The molecule has 0 radical (unpaired) electrons. The first-order valence-corrected chi connectivity index (χ1v) is 8.06. The molecule has 0 spiro atoms. The van der Waals surface area contributed by atoms with Gasteiger partial charge in [-0.3, -0.25) is 4.57 Å². The van der Waals surface area contributed by atoms with E-state index in [4.69, 9.17) is 18.9 Å². The summed E-state index contributed by atoms with van der Waals surface area (Å²) in [6, 6.07) is -0.0540. The number of hydrogen-bond donors (Lipinski definition) is 2. The molecule has 0 rings (SSSR count). The molecule has 1 atom stereocenters. The van der Waals surface area contributed by atoms with Crippen molar-refractivity contribution in [2.24, 2.45) is 0 Å². The third-order valence-corrected chi connectivity index (χ3v) is 4.44. The number of rotatable bonds is 12. The third kappa shape index (κ3) is 8.19. The summed E-state index contributed by atoms with van der Waals surface area (Å²) in [5.74, 6) is 0. The quantitative estimate of drug-likeness (QED) is 0.525. The molecule has 0 amide bonds. The molecule has 0 aliphatic carbocycles. The molecule has 0 aliphatic rings. The maximum Gasteiger partial charge on any atom is 0.331 e. The molecule has 0 aromatic carbocycles. The van der Waals surface area contributed by atoms with E-state index in [1.54, 1.807) is 21.0 Å². The number of hydrogen-bond acceptors (Lipinski definition) is 6. The van der Waals surface area contributed by atoms with Gasteiger partial charge in [-0.2, -0.15) is 0 Å². The minimum absolute atomic E-state index is 0.0247. The van der Waals surface area contributed by atoms with Crippen LogP contribution in [0, 0.1) is 0 Å². The predicted octanol–water partition coefficient (Wildman–Crippen LogP) is 1.24. The average Bonchev–Trinajstić information content (AvgIpc) is 2.34. The summed E-state index contributed by atoms with van der Waals surface area (Å²) in [6.45, 7) is 5.38. The first-order chi connectivity index (χ1) is 8.61. The summed E-state index contributed by atoms with van der Waals surface area (Å²) in [5.41, 5.74) is 0. The minimum atomic E-state index is -2.99. The Morgan fingerprint density at radius 3 is 2.33 bits per heavy atom. The number of nitrogens with one attached hydrogen (secondary N) is 1. The van der Waals surface area contributed by atoms with Crippen LogP contribution in [0.5, 0.6) is 0 Å². The molecular weight excluding hydrogens is 257 g/mol. The van der Waals surface area contributed by atoms with Crippen LogP contribution in [-0.4, -0.2) is 57.4 Å². The van der Waals surface area contributed by atoms with Gasteiger partial charge in [0.05, 0.1) is 26.0 Å². The lowest BCUT2D eigenvalue weighted by Gasteiger charge is -2.20. The smallest absolute Gasteiger partial charge is 0.331 e. The minimum Gasteiger partial charge on any atom is -0.395 e. The van der Waals surface area contributed by atoms with Gasteiger partial charge in [0.15, 0.2) is 0 Å². The summed E-state index contributed by atoms with van der Waals surface area (Å²) in [7, 11) is -1.37. The fourth-order valence-corrected chi connectivity index (χ4v) is 3.01. The first kappa shape index (κ1) is 18.0. The van der Waals surface area contributed by atoms with Crippen molar-refractivity contribution in [1.82, 2.24) is 5.32 Å². The van der Waals surface area contributed by atoms with Crippen LogP contribution in [0.15, 0.2) is 0 Å². The highest BCUT2D eigenvalue weighted by Crippen LogP contribution is 2.47. The number of methoxy groups -OCH3 is 1. The number of aliphatic hydroxyl groups excluding tert-OH is 1. The van der Waals surface area contributed by atoms with Crippen molar-refractivity contribution in [2.45, 2.75) is 26.3 Å². The molecule has 0 bridgehead atoms. The second-order valence-electron chi connectivity index (χ2n) is 3.79. The molecule has 0 aromatic heterocycles. The fraction of sp³-hybridized carbons (Fsp3) is 1.00. The van der Waals surface area contributed by atoms with Crippen LogP contribution in [0.25, 0.3) is 0 Å². The van der Waals surface area contributed by atoms with Crippen molar-refractivity contribution in [3.8, 4) is 0 Å². The SMILES string of the molecule is CCOP(=O)(CCNC(CO)CCOC)OCC. The lowest BCUT2D eigenvalue weighted by Crippen LogP contribution is -2.35. The zero-order valence-electron chi connectivity index (χ0n) is 11.6. The Bertz CT molecular complexity index is 229. The molecule has 0 heterocycles. The van der Waals surface area contributed by atoms with Crippen molar-refractivity contribution >= 4 is 7.60 Å². The zero-order valence-corrected chi connectivity index (χ0v) is 12.4. The summed E-state index contributed by atoms with van der Waals surface area (Å²) in [4.78, 5) is 0. The van der Waals surface area contributed by atoms with Crippen LogP contribution in [0.3, 0.4) is 0 Å². The van der Waals surface area contributed by atoms with Crippen LogP contribution in [0.1, 0.15) is 20.3 Å². The highest BCUT2D eigenvalue weighted by atomic mass is 31.2. The summed E-state index contributed by atoms with van der Waals surface area (Å²) in [5, 5.41) is 12.3. The summed E-state index contributed by atoms with van der Waals surface area (Å²) < 4.78 is 27.4. The van der Waals surface area contributed by atoms with E-state index in [2.05, 4.69) is 5.32 Å². The van der Waals surface area contributed by atoms with E-state index in [9.17, 15) is 4.57 Å². The Labute approximate surface area is 110 Å². The second kappa shape index (κ2) is 10.9. The Morgan fingerprint density at radius 1 is 1.28 bits per heavy atom. The predicted molar refractivity (Wildman–Crippen MR) is 71.1 cm³/mol. The van der Waals surface area contributed by atoms with Crippen molar-refractivity contribution < 1.29 is 23.5 Å². The van der Waals surface area contributed by atoms with E-state index in [1.807, 2.05) is 0 Å². The van der Waals surface area contributed by atoms with Gasteiger partial charge in [0.25, 0.3) is 0 Å².